The summed E-state index contributed by atoms with van der Waals surface area (Å²) in [5, 5.41) is 7.80. The van der Waals surface area contributed by atoms with Gasteiger partial charge in [0, 0.05) is 6.54 Å². The van der Waals surface area contributed by atoms with Gasteiger partial charge in [0.2, 0.25) is 0 Å². The number of hydrogen-bond donors (Lipinski definition) is 0. The first-order valence-corrected chi connectivity index (χ1v) is 3.12. The van der Waals surface area contributed by atoms with Crippen molar-refractivity contribution in [1.82, 2.24) is 14.8 Å². The number of hydrogen-bond acceptors (Lipinski definition) is 2. The van der Waals surface area contributed by atoms with Gasteiger partial charge in [0.15, 0.2) is 0 Å². The maximum Gasteiger partial charge on any atom is 0.129 e. The molecule has 3 nitrogen and oxygen atoms in total. The van der Waals surface area contributed by atoms with Crippen molar-refractivity contribution in [3.8, 4) is 0 Å². The van der Waals surface area contributed by atoms with Gasteiger partial charge in [-0.15, -0.1) is 10.2 Å². The van der Waals surface area contributed by atoms with E-state index in [1.165, 1.54) is 0 Å². The van der Waals surface area contributed by atoms with E-state index in [4.69, 9.17) is 0 Å². The highest BCUT2D eigenvalue weighted by Gasteiger charge is 1.98. The highest BCUT2D eigenvalue weighted by atomic mass is 15.3. The van der Waals surface area contributed by atoms with Crippen molar-refractivity contribution in [3.05, 3.63) is 11.6 Å². The van der Waals surface area contributed by atoms with E-state index in [9.17, 15) is 0 Å². The molecule has 0 fully saturated rings. The van der Waals surface area contributed by atoms with E-state index in [0.29, 0.717) is 0 Å². The summed E-state index contributed by atoms with van der Waals surface area (Å²) in [6, 6.07) is 0. The predicted octanol–water partition coefficient (Wildman–Crippen LogP) is 0.915. The molecule has 0 spiro atoms. The van der Waals surface area contributed by atoms with Crippen LogP contribution in [0.15, 0.2) is 0 Å². The fourth-order valence-electron chi connectivity index (χ4n) is 0.945. The van der Waals surface area contributed by atoms with Crippen molar-refractivity contribution >= 4 is 0 Å². The second kappa shape index (κ2) is 2.17. The lowest BCUT2D eigenvalue weighted by Gasteiger charge is -1.98. The lowest BCUT2D eigenvalue weighted by Crippen LogP contribution is -1.98. The maximum absolute atomic E-state index is 3.90. The van der Waals surface area contributed by atoms with Gasteiger partial charge in [0.05, 0.1) is 0 Å². The van der Waals surface area contributed by atoms with Crippen molar-refractivity contribution < 1.29 is 0 Å². The Bertz CT molecular complexity index is 183. The zero-order chi connectivity index (χ0) is 6.85. The monoisotopic (exact) mass is 125 g/mol. The molecule has 50 valence electrons. The Morgan fingerprint density at radius 2 is 1.67 bits per heavy atom. The van der Waals surface area contributed by atoms with Crippen LogP contribution in [0.4, 0.5) is 0 Å². The Morgan fingerprint density at radius 1 is 1.22 bits per heavy atom. The Kier molecular flexibility index (Phi) is 1.51. The SMILES string of the molecule is CCn1c(C)nnc1C. The molecule has 0 N–H and O–H groups in total. The summed E-state index contributed by atoms with van der Waals surface area (Å²) in [6.07, 6.45) is 0. The topological polar surface area (TPSA) is 30.7 Å². The molecule has 3 heteroatoms. The molecule has 0 aliphatic heterocycles. The molecule has 0 saturated heterocycles. The minimum absolute atomic E-state index is 0.963. The fourth-order valence-corrected chi connectivity index (χ4v) is 0.945. The maximum atomic E-state index is 3.90. The third-order valence-corrected chi connectivity index (χ3v) is 1.44. The molecule has 0 aliphatic rings. The molecule has 0 radical (unpaired) electrons. The van der Waals surface area contributed by atoms with E-state index >= 15 is 0 Å². The molecule has 0 aromatic carbocycles. The first-order valence-electron chi connectivity index (χ1n) is 3.12. The normalized spacial score (nSPS) is 10.1. The van der Waals surface area contributed by atoms with E-state index in [1.807, 2.05) is 13.8 Å². The van der Waals surface area contributed by atoms with Gasteiger partial charge < -0.3 is 4.57 Å². The van der Waals surface area contributed by atoms with Crippen LogP contribution in [-0.4, -0.2) is 14.8 Å². The molecular formula is C6H11N3. The summed E-state index contributed by atoms with van der Waals surface area (Å²) < 4.78 is 2.07. The second-order valence-corrected chi connectivity index (χ2v) is 2.04. The first kappa shape index (κ1) is 6.26. The van der Waals surface area contributed by atoms with Crippen molar-refractivity contribution in [2.24, 2.45) is 0 Å². The fraction of sp³-hybridized carbons (Fsp3) is 0.667. The second-order valence-electron chi connectivity index (χ2n) is 2.04. The number of aromatic nitrogens is 3. The van der Waals surface area contributed by atoms with Crippen molar-refractivity contribution in [1.29, 1.82) is 0 Å². The quantitative estimate of drug-likeness (QED) is 0.558. The Hall–Kier alpha value is -0.860. The lowest BCUT2D eigenvalue weighted by atomic mass is 10.6. The largest absolute Gasteiger partial charge is 0.316 e. The molecule has 1 heterocycles. The van der Waals surface area contributed by atoms with E-state index in [-0.39, 0.29) is 0 Å². The van der Waals surface area contributed by atoms with Crippen LogP contribution in [0.2, 0.25) is 0 Å². The number of nitrogens with zero attached hydrogens (tertiary/aromatic N) is 3. The minimum atomic E-state index is 0.963. The van der Waals surface area contributed by atoms with Crippen LogP contribution >= 0.6 is 0 Å². The molecule has 0 amide bonds. The van der Waals surface area contributed by atoms with Crippen molar-refractivity contribution in [2.45, 2.75) is 27.3 Å². The molecule has 0 bridgehead atoms. The average Bonchev–Trinajstić information content (AvgIpc) is 2.12. The smallest absolute Gasteiger partial charge is 0.129 e. The summed E-state index contributed by atoms with van der Waals surface area (Å²) in [5.74, 6) is 1.99. The zero-order valence-corrected chi connectivity index (χ0v) is 6.05. The van der Waals surface area contributed by atoms with E-state index < -0.39 is 0 Å². The molecule has 0 saturated carbocycles. The van der Waals surface area contributed by atoms with Gasteiger partial charge in [0.25, 0.3) is 0 Å². The summed E-state index contributed by atoms with van der Waals surface area (Å²) in [5.41, 5.74) is 0. The summed E-state index contributed by atoms with van der Waals surface area (Å²) in [6.45, 7) is 6.97. The molecule has 0 atom stereocenters. The predicted molar refractivity (Wildman–Crippen MR) is 35.2 cm³/mol. The highest BCUT2D eigenvalue weighted by molar-refractivity contribution is 4.89. The summed E-state index contributed by atoms with van der Waals surface area (Å²) in [4.78, 5) is 0. The van der Waals surface area contributed by atoms with Crippen LogP contribution in [0.1, 0.15) is 18.6 Å². The van der Waals surface area contributed by atoms with Crippen molar-refractivity contribution in [3.63, 3.8) is 0 Å². The first-order chi connectivity index (χ1) is 4.25. The standard InChI is InChI=1S/C6H11N3/c1-4-9-5(2)7-8-6(9)3/h4H2,1-3H3. The van der Waals surface area contributed by atoms with E-state index in [1.54, 1.807) is 0 Å². The number of aryl methyl sites for hydroxylation is 2. The number of rotatable bonds is 1. The lowest BCUT2D eigenvalue weighted by molar-refractivity contribution is 0.705. The van der Waals surface area contributed by atoms with Gasteiger partial charge in [-0.1, -0.05) is 0 Å². The van der Waals surface area contributed by atoms with Gasteiger partial charge >= 0.3 is 0 Å². The van der Waals surface area contributed by atoms with Crippen LogP contribution in [0.25, 0.3) is 0 Å². The van der Waals surface area contributed by atoms with Crippen LogP contribution in [-0.2, 0) is 6.54 Å². The van der Waals surface area contributed by atoms with Gasteiger partial charge in [-0.3, -0.25) is 0 Å². The molecule has 0 unspecified atom stereocenters. The van der Waals surface area contributed by atoms with Gasteiger partial charge in [-0.2, -0.15) is 0 Å². The molecule has 0 aliphatic carbocycles. The summed E-state index contributed by atoms with van der Waals surface area (Å²) >= 11 is 0. The minimum Gasteiger partial charge on any atom is -0.316 e. The Balaban J connectivity index is 3.07. The van der Waals surface area contributed by atoms with Crippen LogP contribution < -0.4 is 0 Å². The van der Waals surface area contributed by atoms with E-state index in [2.05, 4.69) is 21.7 Å². The highest BCUT2D eigenvalue weighted by Crippen LogP contribution is 1.96. The molecular weight excluding hydrogens is 114 g/mol. The third kappa shape index (κ3) is 0.943. The third-order valence-electron chi connectivity index (χ3n) is 1.44. The van der Waals surface area contributed by atoms with Gasteiger partial charge in [0.1, 0.15) is 11.6 Å². The zero-order valence-electron chi connectivity index (χ0n) is 6.05. The van der Waals surface area contributed by atoms with Crippen LogP contribution in [0.5, 0.6) is 0 Å². The molecule has 9 heavy (non-hydrogen) atoms. The molecule has 1 rings (SSSR count). The van der Waals surface area contributed by atoms with Gasteiger partial charge in [-0.25, -0.2) is 0 Å². The Morgan fingerprint density at radius 3 is 1.89 bits per heavy atom. The average molecular weight is 125 g/mol. The molecule has 1 aromatic heterocycles. The van der Waals surface area contributed by atoms with Crippen LogP contribution in [0, 0.1) is 13.8 Å². The molecule has 1 aromatic rings. The van der Waals surface area contributed by atoms with E-state index in [0.717, 1.165) is 18.2 Å². The van der Waals surface area contributed by atoms with Crippen LogP contribution in [0.3, 0.4) is 0 Å². The van der Waals surface area contributed by atoms with Crippen molar-refractivity contribution in [2.75, 3.05) is 0 Å². The Labute approximate surface area is 54.7 Å². The van der Waals surface area contributed by atoms with Gasteiger partial charge in [-0.05, 0) is 20.8 Å². The summed E-state index contributed by atoms with van der Waals surface area (Å²) in [7, 11) is 0.